The van der Waals surface area contributed by atoms with Gasteiger partial charge in [0.1, 0.15) is 0 Å². The molecule has 1 N–H and O–H groups in total. The van der Waals surface area contributed by atoms with Gasteiger partial charge in [-0.3, -0.25) is 4.40 Å². The average molecular weight is 251 g/mol. The Kier molecular flexibility index (Phi) is 2.90. The van der Waals surface area contributed by atoms with Gasteiger partial charge in [0.05, 0.1) is 11.3 Å². The predicted octanol–water partition coefficient (Wildman–Crippen LogP) is 2.05. The van der Waals surface area contributed by atoms with Gasteiger partial charge >= 0.3 is 0 Å². The van der Waals surface area contributed by atoms with Crippen LogP contribution in [0.5, 0.6) is 0 Å². The van der Waals surface area contributed by atoms with E-state index in [9.17, 15) is 0 Å². The number of aromatic nitrogens is 2. The second-order valence-corrected chi connectivity index (χ2v) is 5.54. The van der Waals surface area contributed by atoms with Crippen LogP contribution in [0.15, 0.2) is 17.8 Å². The molecule has 2 aromatic rings. The van der Waals surface area contributed by atoms with Gasteiger partial charge in [-0.1, -0.05) is 0 Å². The average Bonchev–Trinajstić information content (AvgIpc) is 2.82. The third-order valence-corrected chi connectivity index (χ3v) is 4.36. The van der Waals surface area contributed by atoms with Crippen molar-refractivity contribution in [2.45, 2.75) is 31.4 Å². The van der Waals surface area contributed by atoms with E-state index in [1.807, 2.05) is 18.7 Å². The normalized spacial score (nSPS) is 18.4. The molecule has 3 rings (SSSR count). The van der Waals surface area contributed by atoms with Gasteiger partial charge < -0.3 is 10.1 Å². The van der Waals surface area contributed by atoms with Crippen LogP contribution in [0.3, 0.4) is 0 Å². The second-order valence-electron chi connectivity index (χ2n) is 4.67. The minimum Gasteiger partial charge on any atom is -0.377 e. The molecule has 0 amide bonds. The third kappa shape index (κ3) is 2.10. The molecule has 0 spiro atoms. The molecule has 17 heavy (non-hydrogen) atoms. The topological polar surface area (TPSA) is 38.6 Å². The van der Waals surface area contributed by atoms with Crippen LogP contribution in [-0.4, -0.2) is 28.6 Å². The molecule has 5 heteroatoms. The van der Waals surface area contributed by atoms with Crippen molar-refractivity contribution in [3.63, 3.8) is 0 Å². The lowest BCUT2D eigenvalue weighted by Gasteiger charge is -2.40. The molecule has 1 aliphatic rings. The zero-order valence-electron chi connectivity index (χ0n) is 9.98. The van der Waals surface area contributed by atoms with Crippen LogP contribution in [0.25, 0.3) is 4.96 Å². The van der Waals surface area contributed by atoms with Crippen molar-refractivity contribution in [1.29, 1.82) is 0 Å². The van der Waals surface area contributed by atoms with E-state index < -0.39 is 0 Å². The Hall–Kier alpha value is -0.910. The maximum absolute atomic E-state index is 5.57. The fraction of sp³-hybridized carbons (Fsp3) is 0.583. The number of fused-ring (bicyclic) bond motifs is 1. The second kappa shape index (κ2) is 4.40. The van der Waals surface area contributed by atoms with Crippen molar-refractivity contribution in [3.8, 4) is 0 Å². The van der Waals surface area contributed by atoms with Gasteiger partial charge in [-0.2, -0.15) is 0 Å². The van der Waals surface area contributed by atoms with E-state index in [0.29, 0.717) is 0 Å². The molecule has 0 radical (unpaired) electrons. The molecule has 92 valence electrons. The van der Waals surface area contributed by atoms with Gasteiger partial charge in [0.25, 0.3) is 0 Å². The molecule has 0 aromatic carbocycles. The minimum absolute atomic E-state index is 0.0944. The van der Waals surface area contributed by atoms with Crippen LogP contribution in [0.4, 0.5) is 0 Å². The minimum atomic E-state index is 0.0944. The number of nitrogens with one attached hydrogen (secondary N) is 1. The van der Waals surface area contributed by atoms with Crippen LogP contribution >= 0.6 is 11.3 Å². The summed E-state index contributed by atoms with van der Waals surface area (Å²) in [6, 6.07) is 0. The quantitative estimate of drug-likeness (QED) is 0.884. The lowest BCUT2D eigenvalue weighted by molar-refractivity contribution is -0.0695. The molecular formula is C12H17N3OS. The summed E-state index contributed by atoms with van der Waals surface area (Å²) in [5.41, 5.74) is 1.19. The summed E-state index contributed by atoms with van der Waals surface area (Å²) in [6.45, 7) is 1.74. The van der Waals surface area contributed by atoms with Crippen molar-refractivity contribution in [2.75, 3.05) is 13.7 Å². The number of rotatable bonds is 5. The molecule has 2 aromatic heterocycles. The SMILES string of the molecule is COC1(CNCc2cn3ccsc3n2)CCC1. The van der Waals surface area contributed by atoms with Gasteiger partial charge in [-0.15, -0.1) is 11.3 Å². The summed E-state index contributed by atoms with van der Waals surface area (Å²) in [4.78, 5) is 5.60. The first-order chi connectivity index (χ1) is 8.31. The Bertz CT molecular complexity index is 467. The first-order valence-electron chi connectivity index (χ1n) is 5.98. The highest BCUT2D eigenvalue weighted by molar-refractivity contribution is 7.15. The highest BCUT2D eigenvalue weighted by atomic mass is 32.1. The molecule has 0 aliphatic heterocycles. The summed E-state index contributed by atoms with van der Waals surface area (Å²) >= 11 is 1.67. The maximum atomic E-state index is 5.57. The van der Waals surface area contributed by atoms with Crippen LogP contribution in [-0.2, 0) is 11.3 Å². The number of thiazole rings is 1. The molecule has 1 fully saturated rings. The highest BCUT2D eigenvalue weighted by Crippen LogP contribution is 2.34. The molecule has 0 unspecified atom stereocenters. The summed E-state index contributed by atoms with van der Waals surface area (Å²) in [6.07, 6.45) is 7.76. The Morgan fingerprint density at radius 2 is 2.47 bits per heavy atom. The fourth-order valence-electron chi connectivity index (χ4n) is 2.30. The largest absolute Gasteiger partial charge is 0.377 e. The number of nitrogens with zero attached hydrogens (tertiary/aromatic N) is 2. The van der Waals surface area contributed by atoms with E-state index in [4.69, 9.17) is 4.74 Å². The molecule has 0 atom stereocenters. The van der Waals surface area contributed by atoms with Crippen LogP contribution in [0.1, 0.15) is 25.0 Å². The van der Waals surface area contributed by atoms with E-state index in [2.05, 4.69) is 20.9 Å². The van der Waals surface area contributed by atoms with Crippen molar-refractivity contribution in [3.05, 3.63) is 23.5 Å². The van der Waals surface area contributed by atoms with E-state index in [0.717, 1.165) is 23.7 Å². The van der Waals surface area contributed by atoms with Crippen LogP contribution in [0, 0.1) is 0 Å². The Morgan fingerprint density at radius 1 is 1.59 bits per heavy atom. The van der Waals surface area contributed by atoms with Gasteiger partial charge in [0.15, 0.2) is 4.96 Å². The number of methoxy groups -OCH3 is 1. The Balaban J connectivity index is 1.55. The number of imidazole rings is 1. The monoisotopic (exact) mass is 251 g/mol. The van der Waals surface area contributed by atoms with Crippen molar-refractivity contribution >= 4 is 16.3 Å². The maximum Gasteiger partial charge on any atom is 0.193 e. The van der Waals surface area contributed by atoms with Gasteiger partial charge in [-0.05, 0) is 19.3 Å². The van der Waals surface area contributed by atoms with Crippen molar-refractivity contribution in [2.24, 2.45) is 0 Å². The van der Waals surface area contributed by atoms with E-state index in [-0.39, 0.29) is 5.60 Å². The number of hydrogen-bond donors (Lipinski definition) is 1. The standard InChI is InChI=1S/C12H17N3OS/c1-16-12(3-2-4-12)9-13-7-10-8-15-5-6-17-11(15)14-10/h5-6,8,13H,2-4,7,9H2,1H3. The molecule has 1 aliphatic carbocycles. The molecule has 2 heterocycles. The van der Waals surface area contributed by atoms with E-state index in [1.54, 1.807) is 11.3 Å². The predicted molar refractivity (Wildman–Crippen MR) is 68.4 cm³/mol. The van der Waals surface area contributed by atoms with E-state index in [1.165, 1.54) is 19.3 Å². The molecule has 0 bridgehead atoms. The fourth-order valence-corrected chi connectivity index (χ4v) is 3.02. The summed E-state index contributed by atoms with van der Waals surface area (Å²) in [5, 5.41) is 5.50. The summed E-state index contributed by atoms with van der Waals surface area (Å²) in [7, 11) is 1.81. The zero-order chi connectivity index (χ0) is 11.7. The van der Waals surface area contributed by atoms with Gasteiger partial charge in [-0.25, -0.2) is 4.98 Å². The lowest BCUT2D eigenvalue weighted by atomic mass is 9.80. The first-order valence-corrected chi connectivity index (χ1v) is 6.86. The Labute approximate surface area is 105 Å². The molecule has 4 nitrogen and oxygen atoms in total. The van der Waals surface area contributed by atoms with Crippen LogP contribution in [0.2, 0.25) is 0 Å². The smallest absolute Gasteiger partial charge is 0.193 e. The summed E-state index contributed by atoms with van der Waals surface area (Å²) in [5.74, 6) is 0. The van der Waals surface area contributed by atoms with Gasteiger partial charge in [0, 0.05) is 38.0 Å². The van der Waals surface area contributed by atoms with Crippen LogP contribution < -0.4 is 5.32 Å². The first kappa shape index (κ1) is 11.2. The number of ether oxygens (including phenoxy) is 1. The third-order valence-electron chi connectivity index (χ3n) is 3.59. The molecule has 0 saturated heterocycles. The van der Waals surface area contributed by atoms with Crippen molar-refractivity contribution in [1.82, 2.24) is 14.7 Å². The molecule has 1 saturated carbocycles. The number of hydrogen-bond acceptors (Lipinski definition) is 4. The molecular weight excluding hydrogens is 234 g/mol. The van der Waals surface area contributed by atoms with E-state index >= 15 is 0 Å². The highest BCUT2D eigenvalue weighted by Gasteiger charge is 2.36. The lowest BCUT2D eigenvalue weighted by Crippen LogP contribution is -2.47. The summed E-state index contributed by atoms with van der Waals surface area (Å²) < 4.78 is 7.64. The van der Waals surface area contributed by atoms with Crippen molar-refractivity contribution < 1.29 is 4.74 Å². The Morgan fingerprint density at radius 3 is 3.12 bits per heavy atom. The zero-order valence-corrected chi connectivity index (χ0v) is 10.8. The van der Waals surface area contributed by atoms with Gasteiger partial charge in [0.2, 0.25) is 0 Å².